The van der Waals surface area contributed by atoms with Crippen LogP contribution in [0.25, 0.3) is 0 Å². The fourth-order valence-corrected chi connectivity index (χ4v) is 3.06. The number of benzene rings is 1. The van der Waals surface area contributed by atoms with E-state index in [2.05, 4.69) is 42.3 Å². The highest BCUT2D eigenvalue weighted by Crippen LogP contribution is 2.24. The van der Waals surface area contributed by atoms with Gasteiger partial charge in [0.05, 0.1) is 5.56 Å². The lowest BCUT2D eigenvalue weighted by atomic mass is 10.2. The van der Waals surface area contributed by atoms with Crippen LogP contribution in [0, 0.1) is 0 Å². The smallest absolute Gasteiger partial charge is 0.258 e. The molecule has 0 spiro atoms. The summed E-state index contributed by atoms with van der Waals surface area (Å²) in [6.07, 6.45) is 1.22. The molecule has 0 saturated carbocycles. The molecular weight excluding hydrogens is 428 g/mol. The van der Waals surface area contributed by atoms with Crippen molar-refractivity contribution < 1.29 is 13.2 Å². The normalized spacial score (nSPS) is 11.4. The van der Waals surface area contributed by atoms with Crippen LogP contribution >= 0.6 is 31.9 Å². The zero-order valence-electron chi connectivity index (χ0n) is 10.7. The number of aryl methyl sites for hydroxylation is 1. The Kier molecular flexibility index (Phi) is 4.51. The van der Waals surface area contributed by atoms with E-state index in [9.17, 15) is 13.2 Å². The predicted octanol–water partition coefficient (Wildman–Crippen LogP) is 1.84. The summed E-state index contributed by atoms with van der Waals surface area (Å²) in [6, 6.07) is 5.05. The molecule has 0 bridgehead atoms. The van der Waals surface area contributed by atoms with E-state index in [-0.39, 0.29) is 10.7 Å². The lowest BCUT2D eigenvalue weighted by Crippen LogP contribution is -2.18. The molecule has 1 amide bonds. The van der Waals surface area contributed by atoms with E-state index >= 15 is 0 Å². The van der Waals surface area contributed by atoms with Gasteiger partial charge in [-0.3, -0.25) is 9.48 Å². The molecule has 1 heterocycles. The maximum atomic E-state index is 12.2. The minimum Gasteiger partial charge on any atom is -0.304 e. The highest BCUT2D eigenvalue weighted by atomic mass is 79.9. The number of hydrogen-bond acceptors (Lipinski definition) is 4. The topological polar surface area (TPSA) is 107 Å². The third-order valence-corrected chi connectivity index (χ3v) is 4.60. The SMILES string of the molecule is Cn1cc(S(N)(=O)=O)c(NC(=O)c2cc(Br)ccc2Br)n1. The molecule has 3 N–H and O–H groups in total. The number of primary sulfonamides is 1. The number of nitrogens with two attached hydrogens (primary N) is 1. The van der Waals surface area contributed by atoms with Gasteiger partial charge in [0.15, 0.2) is 5.82 Å². The van der Waals surface area contributed by atoms with Crippen molar-refractivity contribution in [1.29, 1.82) is 0 Å². The van der Waals surface area contributed by atoms with E-state index in [4.69, 9.17) is 5.14 Å². The van der Waals surface area contributed by atoms with Gasteiger partial charge in [-0.05, 0) is 34.1 Å². The van der Waals surface area contributed by atoms with E-state index in [0.717, 1.165) is 0 Å². The number of hydrogen-bond donors (Lipinski definition) is 2. The molecule has 1 aromatic carbocycles. The Hall–Kier alpha value is -1.23. The van der Waals surface area contributed by atoms with Gasteiger partial charge in [-0.2, -0.15) is 5.10 Å². The maximum absolute atomic E-state index is 12.2. The van der Waals surface area contributed by atoms with Gasteiger partial charge in [0.25, 0.3) is 5.91 Å². The summed E-state index contributed by atoms with van der Waals surface area (Å²) in [5.74, 6) is -0.622. The summed E-state index contributed by atoms with van der Waals surface area (Å²) in [7, 11) is -2.45. The number of nitrogens with one attached hydrogen (secondary N) is 1. The Morgan fingerprint density at radius 1 is 1.38 bits per heavy atom. The quantitative estimate of drug-likeness (QED) is 0.763. The first-order chi connectivity index (χ1) is 9.68. The Balaban J connectivity index is 2.39. The Labute approximate surface area is 137 Å². The molecule has 1 aromatic heterocycles. The van der Waals surface area contributed by atoms with Crippen molar-refractivity contribution in [1.82, 2.24) is 9.78 Å². The van der Waals surface area contributed by atoms with E-state index in [1.165, 1.54) is 17.9 Å². The molecule has 0 aliphatic carbocycles. The number of sulfonamides is 1. The molecule has 0 unspecified atom stereocenters. The predicted molar refractivity (Wildman–Crippen MR) is 84.4 cm³/mol. The third-order valence-electron chi connectivity index (χ3n) is 2.51. The first kappa shape index (κ1) is 16.1. The lowest BCUT2D eigenvalue weighted by Gasteiger charge is -2.06. The highest BCUT2D eigenvalue weighted by molar-refractivity contribution is 9.11. The van der Waals surface area contributed by atoms with Crippen LogP contribution in [0.1, 0.15) is 10.4 Å². The summed E-state index contributed by atoms with van der Waals surface area (Å²) < 4.78 is 25.5. The fraction of sp³-hybridized carbons (Fsp3) is 0.0909. The van der Waals surface area contributed by atoms with Crippen LogP contribution in [-0.4, -0.2) is 24.1 Å². The van der Waals surface area contributed by atoms with Gasteiger partial charge < -0.3 is 5.32 Å². The van der Waals surface area contributed by atoms with Crippen LogP contribution in [-0.2, 0) is 17.1 Å². The van der Waals surface area contributed by atoms with Gasteiger partial charge in [0.2, 0.25) is 10.0 Å². The van der Waals surface area contributed by atoms with Gasteiger partial charge in [0.1, 0.15) is 4.90 Å². The fourth-order valence-electron chi connectivity index (χ4n) is 1.61. The molecule has 0 fully saturated rings. The van der Waals surface area contributed by atoms with Crippen LogP contribution in [0.4, 0.5) is 5.82 Å². The zero-order valence-corrected chi connectivity index (χ0v) is 14.7. The highest BCUT2D eigenvalue weighted by Gasteiger charge is 2.21. The van der Waals surface area contributed by atoms with Gasteiger partial charge in [-0.1, -0.05) is 15.9 Å². The van der Waals surface area contributed by atoms with Crippen molar-refractivity contribution in [2.45, 2.75) is 4.90 Å². The number of aromatic nitrogens is 2. The second-order valence-electron chi connectivity index (χ2n) is 4.14. The maximum Gasteiger partial charge on any atom is 0.258 e. The van der Waals surface area contributed by atoms with Gasteiger partial charge in [-0.15, -0.1) is 0 Å². The lowest BCUT2D eigenvalue weighted by molar-refractivity contribution is 0.102. The molecule has 7 nitrogen and oxygen atoms in total. The largest absolute Gasteiger partial charge is 0.304 e. The minimum absolute atomic E-state index is 0.114. The van der Waals surface area contributed by atoms with Gasteiger partial charge >= 0.3 is 0 Å². The molecule has 0 aliphatic heterocycles. The molecule has 2 aromatic rings. The molecule has 112 valence electrons. The van der Waals surface area contributed by atoms with Crippen LogP contribution in [0.2, 0.25) is 0 Å². The summed E-state index contributed by atoms with van der Waals surface area (Å²) in [6.45, 7) is 0. The summed E-state index contributed by atoms with van der Waals surface area (Å²) in [5.41, 5.74) is 0.329. The van der Waals surface area contributed by atoms with E-state index in [0.29, 0.717) is 14.5 Å². The summed E-state index contributed by atoms with van der Waals surface area (Å²) in [4.78, 5) is 12.0. The van der Waals surface area contributed by atoms with E-state index < -0.39 is 15.9 Å². The van der Waals surface area contributed by atoms with Crippen LogP contribution < -0.4 is 10.5 Å². The molecule has 0 saturated heterocycles. The van der Waals surface area contributed by atoms with Gasteiger partial charge in [-0.25, -0.2) is 13.6 Å². The van der Waals surface area contributed by atoms with Crippen LogP contribution in [0.15, 0.2) is 38.2 Å². The molecule has 21 heavy (non-hydrogen) atoms. The number of nitrogens with zero attached hydrogens (tertiary/aromatic N) is 2. The van der Waals surface area contributed by atoms with Crippen LogP contribution in [0.5, 0.6) is 0 Å². The van der Waals surface area contributed by atoms with Crippen molar-refractivity contribution >= 4 is 53.6 Å². The summed E-state index contributed by atoms with van der Waals surface area (Å²) in [5, 5.41) is 11.4. The number of carbonyl (C=O) groups is 1. The van der Waals surface area contributed by atoms with Crippen molar-refractivity contribution in [3.05, 3.63) is 38.9 Å². The van der Waals surface area contributed by atoms with Crippen molar-refractivity contribution in [2.24, 2.45) is 12.2 Å². The molecule has 2 rings (SSSR count). The average molecular weight is 438 g/mol. The summed E-state index contributed by atoms with van der Waals surface area (Å²) >= 11 is 6.52. The average Bonchev–Trinajstić information content (AvgIpc) is 2.73. The molecular formula is C11H10Br2N4O3S. The molecule has 0 radical (unpaired) electrons. The molecule has 10 heteroatoms. The van der Waals surface area contributed by atoms with Gasteiger partial charge in [0, 0.05) is 22.2 Å². The number of halogens is 2. The first-order valence-corrected chi connectivity index (χ1v) is 8.64. The molecule has 0 aliphatic rings. The number of amides is 1. The third kappa shape index (κ3) is 3.70. The standard InChI is InChI=1S/C11H10Br2N4O3S/c1-17-5-9(21(14,19)20)10(16-17)15-11(18)7-4-6(12)2-3-8(7)13/h2-5H,1H3,(H2,14,19,20)(H,15,16,18). The van der Waals surface area contributed by atoms with Crippen LogP contribution in [0.3, 0.4) is 0 Å². The number of carbonyl (C=O) groups excluding carboxylic acids is 1. The zero-order chi connectivity index (χ0) is 15.8. The number of rotatable bonds is 3. The van der Waals surface area contributed by atoms with E-state index in [1.54, 1.807) is 18.2 Å². The number of anilines is 1. The monoisotopic (exact) mass is 436 g/mol. The van der Waals surface area contributed by atoms with Crippen molar-refractivity contribution in [3.63, 3.8) is 0 Å². The second-order valence-corrected chi connectivity index (χ2v) is 7.44. The minimum atomic E-state index is -3.98. The van der Waals surface area contributed by atoms with Crippen molar-refractivity contribution in [3.8, 4) is 0 Å². The molecule has 0 atom stereocenters. The van der Waals surface area contributed by atoms with Crippen molar-refractivity contribution in [2.75, 3.05) is 5.32 Å². The first-order valence-electron chi connectivity index (χ1n) is 5.51. The Morgan fingerprint density at radius 3 is 2.67 bits per heavy atom. The van der Waals surface area contributed by atoms with E-state index in [1.807, 2.05) is 0 Å². The Morgan fingerprint density at radius 2 is 2.05 bits per heavy atom. The second kappa shape index (κ2) is 5.87. The Bertz CT molecular complexity index is 817.